The standard InChI is InChI=1S/C66H134O21/c1-2-3-4-5-6-7-8-9-10-11-12-13-14-15-16-17-18-19-20-21-22-23-24-25-27-68-29-31-70-33-35-72-37-39-74-41-43-76-45-47-78-49-51-80-53-55-82-57-59-84-61-63-86-65-66-87-64-62-85-60-58-83-56-54-81-52-50-79-48-46-77-44-42-75-40-38-73-36-34-71-32-30-69-28-26-67/h67H,2-66H2,1H3. The summed E-state index contributed by atoms with van der Waals surface area (Å²) >= 11 is 0. The van der Waals surface area contributed by atoms with E-state index in [1.165, 1.54) is 148 Å². The molecule has 21 heteroatoms. The topological polar surface area (TPSA) is 205 Å². The molecule has 0 fully saturated rings. The van der Waals surface area contributed by atoms with E-state index in [-0.39, 0.29) is 6.61 Å². The Labute approximate surface area is 530 Å². The van der Waals surface area contributed by atoms with Crippen LogP contribution < -0.4 is 0 Å². The van der Waals surface area contributed by atoms with Crippen LogP contribution in [0.5, 0.6) is 0 Å². The molecule has 0 aromatic carbocycles. The van der Waals surface area contributed by atoms with Gasteiger partial charge in [-0.05, 0) is 6.42 Å². The third-order valence-corrected chi connectivity index (χ3v) is 13.4. The van der Waals surface area contributed by atoms with Crippen molar-refractivity contribution in [2.45, 2.75) is 161 Å². The molecule has 524 valence electrons. The maximum atomic E-state index is 8.62. The van der Waals surface area contributed by atoms with Crippen LogP contribution in [0.15, 0.2) is 0 Å². The van der Waals surface area contributed by atoms with Gasteiger partial charge in [-0.3, -0.25) is 0 Å². The maximum Gasteiger partial charge on any atom is 0.0701 e. The molecule has 0 radical (unpaired) electrons. The fraction of sp³-hybridized carbons (Fsp3) is 1.00. The summed E-state index contributed by atoms with van der Waals surface area (Å²) in [6, 6.07) is 0. The van der Waals surface area contributed by atoms with E-state index in [9.17, 15) is 0 Å². The fourth-order valence-electron chi connectivity index (χ4n) is 8.51. The van der Waals surface area contributed by atoms with Crippen molar-refractivity contribution in [3.63, 3.8) is 0 Å². The molecule has 0 heterocycles. The average molecular weight is 1260 g/mol. The molecular weight excluding hydrogens is 1130 g/mol. The van der Waals surface area contributed by atoms with Gasteiger partial charge in [0.15, 0.2) is 0 Å². The van der Waals surface area contributed by atoms with E-state index < -0.39 is 0 Å². The minimum atomic E-state index is 0.0202. The number of aliphatic hydroxyl groups is 1. The van der Waals surface area contributed by atoms with Crippen molar-refractivity contribution in [1.29, 1.82) is 0 Å². The Morgan fingerprint density at radius 3 is 0.356 bits per heavy atom. The van der Waals surface area contributed by atoms with E-state index in [0.29, 0.717) is 258 Å². The van der Waals surface area contributed by atoms with Gasteiger partial charge in [0.1, 0.15) is 0 Å². The first-order chi connectivity index (χ1) is 43.4. The number of unbranched alkanes of at least 4 members (excludes halogenated alkanes) is 23. The Balaban J connectivity index is 3.08. The highest BCUT2D eigenvalue weighted by Crippen LogP contribution is 2.16. The van der Waals surface area contributed by atoms with Crippen LogP contribution in [0.4, 0.5) is 0 Å². The molecular formula is C66H134O21. The average Bonchev–Trinajstić information content (AvgIpc) is 3.53. The van der Waals surface area contributed by atoms with E-state index >= 15 is 0 Å². The summed E-state index contributed by atoms with van der Waals surface area (Å²) in [6.45, 7) is 22.8. The van der Waals surface area contributed by atoms with Gasteiger partial charge in [-0.2, -0.15) is 0 Å². The van der Waals surface area contributed by atoms with Crippen LogP contribution in [0.1, 0.15) is 161 Å². The van der Waals surface area contributed by atoms with Crippen LogP contribution >= 0.6 is 0 Å². The third kappa shape index (κ3) is 85.2. The quantitative estimate of drug-likeness (QED) is 0.0563. The van der Waals surface area contributed by atoms with Crippen LogP contribution in [0.25, 0.3) is 0 Å². The minimum Gasteiger partial charge on any atom is -0.394 e. The lowest BCUT2D eigenvalue weighted by Crippen LogP contribution is -2.16. The van der Waals surface area contributed by atoms with Crippen molar-refractivity contribution in [2.24, 2.45) is 0 Å². The normalized spacial score (nSPS) is 11.8. The number of hydrogen-bond acceptors (Lipinski definition) is 21. The van der Waals surface area contributed by atoms with Gasteiger partial charge >= 0.3 is 0 Å². The number of ether oxygens (including phenoxy) is 20. The zero-order valence-corrected chi connectivity index (χ0v) is 55.6. The lowest BCUT2D eigenvalue weighted by atomic mass is 10.0. The van der Waals surface area contributed by atoms with Gasteiger partial charge in [0, 0.05) is 6.61 Å². The first-order valence-corrected chi connectivity index (χ1v) is 34.6. The first-order valence-electron chi connectivity index (χ1n) is 34.6. The lowest BCUT2D eigenvalue weighted by Gasteiger charge is -2.09. The Kier molecular flexibility index (Phi) is 84.3. The SMILES string of the molecule is CCCCCCCCCCCCCCCCCCCCCCCCCCOCCOCCOCCOCCOCCOCCOCCOCCOCCOCCOCCOCCOCCOCCOCCOCCOCCOCCOCCOCCO. The van der Waals surface area contributed by atoms with Crippen LogP contribution in [0.2, 0.25) is 0 Å². The van der Waals surface area contributed by atoms with Crippen molar-refractivity contribution >= 4 is 0 Å². The van der Waals surface area contributed by atoms with Crippen molar-refractivity contribution < 1.29 is 99.8 Å². The highest BCUT2D eigenvalue weighted by molar-refractivity contribution is 4.53. The Morgan fingerprint density at radius 2 is 0.230 bits per heavy atom. The van der Waals surface area contributed by atoms with Gasteiger partial charge in [-0.1, -0.05) is 155 Å². The molecule has 0 aromatic rings. The van der Waals surface area contributed by atoms with Crippen LogP contribution in [0.3, 0.4) is 0 Å². The number of aliphatic hydroxyl groups excluding tert-OH is 1. The summed E-state index contributed by atoms with van der Waals surface area (Å²) in [7, 11) is 0. The third-order valence-electron chi connectivity index (χ3n) is 13.4. The highest BCUT2D eigenvalue weighted by Gasteiger charge is 2.02. The second-order valence-electron chi connectivity index (χ2n) is 21.1. The molecule has 1 N–H and O–H groups in total. The molecule has 0 spiro atoms. The van der Waals surface area contributed by atoms with Crippen molar-refractivity contribution in [2.75, 3.05) is 271 Å². The molecule has 0 rings (SSSR count). The van der Waals surface area contributed by atoms with E-state index in [0.717, 1.165) is 13.0 Å². The zero-order valence-electron chi connectivity index (χ0n) is 55.6. The van der Waals surface area contributed by atoms with Crippen LogP contribution in [0, 0.1) is 0 Å². The monoisotopic (exact) mass is 1260 g/mol. The maximum absolute atomic E-state index is 8.62. The molecule has 0 unspecified atom stereocenters. The van der Waals surface area contributed by atoms with Gasteiger partial charge in [0.2, 0.25) is 0 Å². The summed E-state index contributed by atoms with van der Waals surface area (Å²) in [4.78, 5) is 0. The first kappa shape index (κ1) is 86.2. The predicted octanol–water partition coefficient (Wildman–Crippen LogP) is 9.69. The van der Waals surface area contributed by atoms with Crippen LogP contribution in [-0.4, -0.2) is 276 Å². The molecule has 0 amide bonds. The minimum absolute atomic E-state index is 0.0202. The highest BCUT2D eigenvalue weighted by atomic mass is 16.6. The summed E-state index contributed by atoms with van der Waals surface area (Å²) in [5.74, 6) is 0. The van der Waals surface area contributed by atoms with Gasteiger partial charge in [-0.25, -0.2) is 0 Å². The van der Waals surface area contributed by atoms with Crippen molar-refractivity contribution in [3.05, 3.63) is 0 Å². The van der Waals surface area contributed by atoms with Crippen LogP contribution in [-0.2, 0) is 94.7 Å². The predicted molar refractivity (Wildman–Crippen MR) is 340 cm³/mol. The number of rotatable bonds is 84. The van der Waals surface area contributed by atoms with Crippen molar-refractivity contribution in [3.8, 4) is 0 Å². The van der Waals surface area contributed by atoms with Crippen molar-refractivity contribution in [1.82, 2.24) is 0 Å². The molecule has 0 bridgehead atoms. The molecule has 0 aromatic heterocycles. The molecule has 87 heavy (non-hydrogen) atoms. The Morgan fingerprint density at radius 1 is 0.126 bits per heavy atom. The molecule has 0 aliphatic rings. The second-order valence-corrected chi connectivity index (χ2v) is 21.1. The summed E-state index contributed by atoms with van der Waals surface area (Å²) in [5.41, 5.74) is 0. The smallest absolute Gasteiger partial charge is 0.0701 e. The molecule has 0 aliphatic heterocycles. The van der Waals surface area contributed by atoms with Gasteiger partial charge < -0.3 is 99.8 Å². The molecule has 0 saturated carbocycles. The van der Waals surface area contributed by atoms with Gasteiger partial charge in [-0.15, -0.1) is 0 Å². The Bertz CT molecular complexity index is 1070. The van der Waals surface area contributed by atoms with E-state index in [1.807, 2.05) is 0 Å². The number of hydrogen-bond donors (Lipinski definition) is 1. The summed E-state index contributed by atoms with van der Waals surface area (Å²) < 4.78 is 110. The fourth-order valence-corrected chi connectivity index (χ4v) is 8.51. The van der Waals surface area contributed by atoms with Gasteiger partial charge in [0.05, 0.1) is 264 Å². The second kappa shape index (κ2) is 85.2. The zero-order chi connectivity index (χ0) is 62.1. The molecule has 0 aliphatic carbocycles. The van der Waals surface area contributed by atoms with E-state index in [2.05, 4.69) is 6.92 Å². The Hall–Kier alpha value is -0.840. The molecule has 0 atom stereocenters. The summed E-state index contributed by atoms with van der Waals surface area (Å²) in [6.07, 6.45) is 33.9. The largest absolute Gasteiger partial charge is 0.394 e. The van der Waals surface area contributed by atoms with E-state index in [1.54, 1.807) is 0 Å². The lowest BCUT2D eigenvalue weighted by molar-refractivity contribution is -0.0315. The van der Waals surface area contributed by atoms with Gasteiger partial charge in [0.25, 0.3) is 0 Å². The molecule has 0 saturated heterocycles. The molecule has 21 nitrogen and oxygen atoms in total. The van der Waals surface area contributed by atoms with E-state index in [4.69, 9.17) is 99.8 Å². The summed E-state index contributed by atoms with van der Waals surface area (Å²) in [5, 5.41) is 8.62.